The van der Waals surface area contributed by atoms with Crippen molar-refractivity contribution in [2.45, 2.75) is 26.1 Å². The first-order chi connectivity index (χ1) is 9.78. The maximum Gasteiger partial charge on any atom is 0.326 e. The summed E-state index contributed by atoms with van der Waals surface area (Å²) in [5.74, 6) is 0. The van der Waals surface area contributed by atoms with Gasteiger partial charge in [-0.15, -0.1) is 5.10 Å². The maximum atomic E-state index is 11.9. The zero-order valence-corrected chi connectivity index (χ0v) is 10.9. The number of H-pyrrole nitrogens is 1. The van der Waals surface area contributed by atoms with Crippen LogP contribution in [0.2, 0.25) is 0 Å². The van der Waals surface area contributed by atoms with Gasteiger partial charge in [-0.1, -0.05) is 17.3 Å². The number of para-hydroxylation sites is 2. The molecule has 0 saturated heterocycles. The summed E-state index contributed by atoms with van der Waals surface area (Å²) in [7, 11) is 0. The van der Waals surface area contributed by atoms with Crippen molar-refractivity contribution in [3.63, 3.8) is 0 Å². The monoisotopic (exact) mass is 273 g/mol. The van der Waals surface area contributed by atoms with E-state index in [0.717, 1.165) is 17.5 Å². The molecule has 3 rings (SSSR count). The zero-order valence-electron chi connectivity index (χ0n) is 10.9. The molecular formula is C13H15N5O2. The molecule has 104 valence electrons. The number of aromatic nitrogens is 5. The molecule has 2 heterocycles. The summed E-state index contributed by atoms with van der Waals surface area (Å²) in [6, 6.07) is 7.62. The van der Waals surface area contributed by atoms with Crippen LogP contribution >= 0.6 is 0 Å². The highest BCUT2D eigenvalue weighted by Gasteiger charge is 2.05. The number of aromatic amines is 1. The van der Waals surface area contributed by atoms with Gasteiger partial charge in [-0.05, 0) is 18.6 Å². The fourth-order valence-electron chi connectivity index (χ4n) is 2.24. The maximum absolute atomic E-state index is 11.9. The van der Waals surface area contributed by atoms with Crippen LogP contribution in [0, 0.1) is 0 Å². The molecule has 0 radical (unpaired) electrons. The molecule has 0 fully saturated rings. The third kappa shape index (κ3) is 2.35. The lowest BCUT2D eigenvalue weighted by Gasteiger charge is -2.03. The van der Waals surface area contributed by atoms with Crippen molar-refractivity contribution in [2.24, 2.45) is 0 Å². The van der Waals surface area contributed by atoms with Gasteiger partial charge in [0.2, 0.25) is 0 Å². The fraction of sp³-hybridized carbons (Fsp3) is 0.308. The molecule has 0 atom stereocenters. The van der Waals surface area contributed by atoms with Crippen LogP contribution in [0.5, 0.6) is 0 Å². The van der Waals surface area contributed by atoms with Gasteiger partial charge in [-0.2, -0.15) is 0 Å². The van der Waals surface area contributed by atoms with Crippen LogP contribution in [0.4, 0.5) is 0 Å². The minimum Gasteiger partial charge on any atom is -0.390 e. The molecule has 0 spiro atoms. The molecule has 7 nitrogen and oxygen atoms in total. The van der Waals surface area contributed by atoms with Gasteiger partial charge in [-0.25, -0.2) is 4.79 Å². The van der Waals surface area contributed by atoms with Crippen LogP contribution in [-0.4, -0.2) is 29.7 Å². The Kier molecular flexibility index (Phi) is 3.34. The summed E-state index contributed by atoms with van der Waals surface area (Å²) in [4.78, 5) is 14.7. The number of rotatable bonds is 5. The van der Waals surface area contributed by atoms with E-state index in [1.165, 1.54) is 0 Å². The van der Waals surface area contributed by atoms with Gasteiger partial charge < -0.3 is 10.1 Å². The van der Waals surface area contributed by atoms with Gasteiger partial charge in [0.25, 0.3) is 0 Å². The SMILES string of the molecule is O=c1[nH]c2ccccc2n1CCCn1cc(CO)nn1. The lowest BCUT2D eigenvalue weighted by Crippen LogP contribution is -2.17. The summed E-state index contributed by atoms with van der Waals surface area (Å²) in [5.41, 5.74) is 2.21. The van der Waals surface area contributed by atoms with Crippen LogP contribution in [0.3, 0.4) is 0 Å². The van der Waals surface area contributed by atoms with E-state index in [1.807, 2.05) is 24.3 Å². The van der Waals surface area contributed by atoms with Crippen molar-refractivity contribution in [1.82, 2.24) is 24.5 Å². The number of nitrogens with zero attached hydrogens (tertiary/aromatic N) is 4. The lowest BCUT2D eigenvalue weighted by atomic mass is 10.3. The standard InChI is InChI=1S/C13H15N5O2/c19-9-10-8-17(16-15-10)6-3-7-18-12-5-2-1-4-11(12)14-13(18)20/h1-2,4-5,8,19H,3,6-7,9H2,(H,14,20). The number of hydrogen-bond acceptors (Lipinski definition) is 4. The second-order valence-corrected chi connectivity index (χ2v) is 4.58. The Balaban J connectivity index is 1.71. The minimum atomic E-state index is -0.109. The Morgan fingerprint density at radius 1 is 1.25 bits per heavy atom. The van der Waals surface area contributed by atoms with E-state index in [-0.39, 0.29) is 12.3 Å². The van der Waals surface area contributed by atoms with E-state index in [2.05, 4.69) is 15.3 Å². The van der Waals surface area contributed by atoms with Crippen LogP contribution < -0.4 is 5.69 Å². The van der Waals surface area contributed by atoms with Crippen LogP contribution in [0.1, 0.15) is 12.1 Å². The Morgan fingerprint density at radius 3 is 2.90 bits per heavy atom. The number of aliphatic hydroxyl groups is 1. The Hall–Kier alpha value is -2.41. The van der Waals surface area contributed by atoms with Crippen molar-refractivity contribution < 1.29 is 5.11 Å². The van der Waals surface area contributed by atoms with E-state index >= 15 is 0 Å². The number of nitrogens with one attached hydrogen (secondary N) is 1. The average molecular weight is 273 g/mol. The number of fused-ring (bicyclic) bond motifs is 1. The number of aliphatic hydroxyl groups excluding tert-OH is 1. The average Bonchev–Trinajstić information content (AvgIpc) is 3.04. The molecule has 2 aromatic heterocycles. The topological polar surface area (TPSA) is 88.7 Å². The van der Waals surface area contributed by atoms with Gasteiger partial charge >= 0.3 is 5.69 Å². The number of aryl methyl sites for hydroxylation is 2. The van der Waals surface area contributed by atoms with Crippen molar-refractivity contribution in [3.05, 3.63) is 46.6 Å². The molecule has 0 saturated carbocycles. The van der Waals surface area contributed by atoms with Crippen LogP contribution in [0.15, 0.2) is 35.3 Å². The Bertz CT molecular complexity index is 770. The molecule has 0 unspecified atom stereocenters. The van der Waals surface area contributed by atoms with E-state index in [4.69, 9.17) is 5.11 Å². The molecule has 0 aliphatic heterocycles. The molecule has 2 N–H and O–H groups in total. The van der Waals surface area contributed by atoms with E-state index in [0.29, 0.717) is 18.8 Å². The van der Waals surface area contributed by atoms with Gasteiger partial charge in [0.15, 0.2) is 0 Å². The molecule has 1 aromatic carbocycles. The first kappa shape index (κ1) is 12.6. The summed E-state index contributed by atoms with van der Waals surface area (Å²) < 4.78 is 3.39. The lowest BCUT2D eigenvalue weighted by molar-refractivity contribution is 0.276. The smallest absolute Gasteiger partial charge is 0.326 e. The molecule has 7 heteroatoms. The highest BCUT2D eigenvalue weighted by molar-refractivity contribution is 5.74. The Labute approximate surface area is 114 Å². The fourth-order valence-corrected chi connectivity index (χ4v) is 2.24. The molecule has 0 aliphatic carbocycles. The van der Waals surface area contributed by atoms with Gasteiger partial charge in [0.1, 0.15) is 5.69 Å². The van der Waals surface area contributed by atoms with Crippen LogP contribution in [0.25, 0.3) is 11.0 Å². The first-order valence-corrected chi connectivity index (χ1v) is 6.45. The zero-order chi connectivity index (χ0) is 13.9. The molecule has 0 bridgehead atoms. The summed E-state index contributed by atoms with van der Waals surface area (Å²) in [6.45, 7) is 1.15. The largest absolute Gasteiger partial charge is 0.390 e. The second-order valence-electron chi connectivity index (χ2n) is 4.58. The van der Waals surface area contributed by atoms with E-state index in [9.17, 15) is 4.79 Å². The summed E-state index contributed by atoms with van der Waals surface area (Å²) in [5, 5.41) is 16.6. The summed E-state index contributed by atoms with van der Waals surface area (Å²) in [6.07, 6.45) is 2.47. The second kappa shape index (κ2) is 5.30. The van der Waals surface area contributed by atoms with Crippen molar-refractivity contribution in [2.75, 3.05) is 0 Å². The number of benzene rings is 1. The number of hydrogen-bond donors (Lipinski definition) is 2. The normalized spacial score (nSPS) is 11.2. The third-order valence-electron chi connectivity index (χ3n) is 3.20. The Morgan fingerprint density at radius 2 is 2.10 bits per heavy atom. The molecule has 3 aromatic rings. The molecule has 0 amide bonds. The summed E-state index contributed by atoms with van der Waals surface area (Å²) >= 11 is 0. The quantitative estimate of drug-likeness (QED) is 0.708. The molecule has 0 aliphatic rings. The van der Waals surface area contributed by atoms with E-state index in [1.54, 1.807) is 15.4 Å². The van der Waals surface area contributed by atoms with Crippen molar-refractivity contribution in [1.29, 1.82) is 0 Å². The highest BCUT2D eigenvalue weighted by atomic mass is 16.3. The third-order valence-corrected chi connectivity index (χ3v) is 3.20. The predicted octanol–water partition coefficient (Wildman–Crippen LogP) is 0.504. The van der Waals surface area contributed by atoms with Crippen molar-refractivity contribution >= 4 is 11.0 Å². The van der Waals surface area contributed by atoms with Crippen LogP contribution in [-0.2, 0) is 19.7 Å². The highest BCUT2D eigenvalue weighted by Crippen LogP contribution is 2.09. The first-order valence-electron chi connectivity index (χ1n) is 6.45. The predicted molar refractivity (Wildman–Crippen MR) is 73.1 cm³/mol. The van der Waals surface area contributed by atoms with Gasteiger partial charge in [0, 0.05) is 13.1 Å². The van der Waals surface area contributed by atoms with Crippen molar-refractivity contribution in [3.8, 4) is 0 Å². The molecule has 20 heavy (non-hydrogen) atoms. The van der Waals surface area contributed by atoms with Gasteiger partial charge in [0.05, 0.1) is 23.8 Å². The molecular weight excluding hydrogens is 258 g/mol. The van der Waals surface area contributed by atoms with Gasteiger partial charge in [-0.3, -0.25) is 9.25 Å². The van der Waals surface area contributed by atoms with E-state index < -0.39 is 0 Å². The minimum absolute atomic E-state index is 0.0964. The number of imidazole rings is 1.